The first-order valence-electron chi connectivity index (χ1n) is 13.7. The number of esters is 1. The molecule has 0 bridgehead atoms. The number of carbonyl (C=O) groups excluding carboxylic acids is 3. The summed E-state index contributed by atoms with van der Waals surface area (Å²) < 4.78 is 11.5. The number of urea groups is 2. The van der Waals surface area contributed by atoms with Gasteiger partial charge in [-0.25, -0.2) is 14.4 Å². The van der Waals surface area contributed by atoms with Gasteiger partial charge in [0, 0.05) is 51.0 Å². The third-order valence-corrected chi connectivity index (χ3v) is 7.00. The molecule has 0 unspecified atom stereocenters. The van der Waals surface area contributed by atoms with E-state index in [1.165, 1.54) is 4.90 Å². The molecule has 4 amide bonds. The van der Waals surface area contributed by atoms with Crippen LogP contribution < -0.4 is 15.4 Å². The number of nitrogens with zero attached hydrogens (tertiary/aromatic N) is 3. The van der Waals surface area contributed by atoms with E-state index < -0.39 is 12.0 Å². The molecule has 1 saturated heterocycles. The zero-order valence-electron chi connectivity index (χ0n) is 23.8. The molecular weight excluding hydrogens is 510 g/mol. The van der Waals surface area contributed by atoms with Crippen molar-refractivity contribution in [3.05, 3.63) is 71.4 Å². The second kappa shape index (κ2) is 12.9. The Morgan fingerprint density at radius 3 is 2.48 bits per heavy atom. The first-order chi connectivity index (χ1) is 19.2. The van der Waals surface area contributed by atoms with E-state index in [-0.39, 0.29) is 30.8 Å². The van der Waals surface area contributed by atoms with Gasteiger partial charge in [-0.05, 0) is 57.5 Å². The molecule has 0 aromatic heterocycles. The third kappa shape index (κ3) is 6.74. The van der Waals surface area contributed by atoms with E-state index >= 15 is 0 Å². The SMILES string of the molecule is CCOC(=O)C1=C(CN2CCN(C(=O)NC(C)C)[C@H](C)C2)N(C)C(=O)N[C@@H]1c1cccc(Oc2ccccc2)c1. The minimum Gasteiger partial charge on any atom is -0.463 e. The lowest BCUT2D eigenvalue weighted by atomic mass is 9.94. The Balaban J connectivity index is 1.63. The Kier molecular flexibility index (Phi) is 9.31. The number of benzene rings is 2. The number of ether oxygens (including phenoxy) is 2. The van der Waals surface area contributed by atoms with Gasteiger partial charge in [-0.2, -0.15) is 0 Å². The zero-order valence-corrected chi connectivity index (χ0v) is 23.8. The lowest BCUT2D eigenvalue weighted by Crippen LogP contribution is -2.58. The summed E-state index contributed by atoms with van der Waals surface area (Å²) in [5.74, 6) is 0.794. The molecule has 0 saturated carbocycles. The summed E-state index contributed by atoms with van der Waals surface area (Å²) in [5, 5.41) is 5.93. The van der Waals surface area contributed by atoms with Crippen LogP contribution >= 0.6 is 0 Å². The number of amides is 4. The van der Waals surface area contributed by atoms with Gasteiger partial charge in [0.25, 0.3) is 0 Å². The van der Waals surface area contributed by atoms with Gasteiger partial charge in [0.15, 0.2) is 0 Å². The second-order valence-corrected chi connectivity index (χ2v) is 10.4. The van der Waals surface area contributed by atoms with Crippen molar-refractivity contribution in [1.29, 1.82) is 0 Å². The quantitative estimate of drug-likeness (QED) is 0.481. The predicted octanol–water partition coefficient (Wildman–Crippen LogP) is 4.12. The number of likely N-dealkylation sites (N-methyl/N-ethyl adjacent to an activating group) is 1. The Labute approximate surface area is 235 Å². The Bertz CT molecular complexity index is 1250. The minimum atomic E-state index is -0.715. The van der Waals surface area contributed by atoms with E-state index in [1.807, 2.05) is 80.3 Å². The van der Waals surface area contributed by atoms with Gasteiger partial charge in [-0.3, -0.25) is 9.80 Å². The molecule has 4 rings (SSSR count). The summed E-state index contributed by atoms with van der Waals surface area (Å²) >= 11 is 0. The number of piperazine rings is 1. The van der Waals surface area contributed by atoms with Crippen LogP contribution in [0.3, 0.4) is 0 Å². The molecule has 2 aliphatic heterocycles. The first kappa shape index (κ1) is 28.9. The van der Waals surface area contributed by atoms with Gasteiger partial charge in [0.05, 0.1) is 18.2 Å². The average Bonchev–Trinajstić information content (AvgIpc) is 2.91. The van der Waals surface area contributed by atoms with Crippen molar-refractivity contribution in [2.24, 2.45) is 0 Å². The molecule has 2 aliphatic rings. The van der Waals surface area contributed by atoms with Gasteiger partial charge < -0.3 is 25.0 Å². The summed E-state index contributed by atoms with van der Waals surface area (Å²) in [5.41, 5.74) is 1.67. The molecule has 10 nitrogen and oxygen atoms in total. The molecule has 40 heavy (non-hydrogen) atoms. The fraction of sp³-hybridized carbons (Fsp3) is 0.433. The van der Waals surface area contributed by atoms with Crippen LogP contribution in [0.2, 0.25) is 0 Å². The number of hydrogen-bond donors (Lipinski definition) is 2. The highest BCUT2D eigenvalue weighted by Gasteiger charge is 2.38. The highest BCUT2D eigenvalue weighted by Crippen LogP contribution is 2.34. The van der Waals surface area contributed by atoms with Gasteiger partial charge in [0.2, 0.25) is 0 Å². The zero-order chi connectivity index (χ0) is 28.8. The van der Waals surface area contributed by atoms with E-state index in [9.17, 15) is 14.4 Å². The predicted molar refractivity (Wildman–Crippen MR) is 152 cm³/mol. The summed E-state index contributed by atoms with van der Waals surface area (Å²) in [6, 6.07) is 15.7. The average molecular weight is 550 g/mol. The van der Waals surface area contributed by atoms with E-state index in [4.69, 9.17) is 9.47 Å². The molecule has 214 valence electrons. The second-order valence-electron chi connectivity index (χ2n) is 10.4. The fourth-order valence-corrected chi connectivity index (χ4v) is 5.05. The van der Waals surface area contributed by atoms with Crippen LogP contribution in [0.4, 0.5) is 9.59 Å². The minimum absolute atomic E-state index is 0.0375. The van der Waals surface area contributed by atoms with Crippen LogP contribution in [0.25, 0.3) is 0 Å². The lowest BCUT2D eigenvalue weighted by Gasteiger charge is -2.42. The summed E-state index contributed by atoms with van der Waals surface area (Å²) in [4.78, 5) is 44.7. The molecule has 2 aromatic carbocycles. The summed E-state index contributed by atoms with van der Waals surface area (Å²) in [6.45, 7) is 9.96. The number of carbonyl (C=O) groups is 3. The molecule has 0 radical (unpaired) electrons. The number of hydrogen-bond acceptors (Lipinski definition) is 6. The van der Waals surface area contributed by atoms with Crippen molar-refractivity contribution >= 4 is 18.0 Å². The number of para-hydroxylation sites is 1. The standard InChI is InChI=1S/C30H39N5O5/c1-6-39-28(36)26-25(19-34-15-16-35(21(4)18-34)30(38)31-20(2)3)33(5)29(37)32-27(26)22-11-10-14-24(17-22)40-23-12-8-7-9-13-23/h7-14,17,20-21,27H,6,15-16,18-19H2,1-5H3,(H,31,38)(H,32,37)/t21-,27-/m1/s1. The van der Waals surface area contributed by atoms with Gasteiger partial charge in [0.1, 0.15) is 11.5 Å². The van der Waals surface area contributed by atoms with Crippen molar-refractivity contribution < 1.29 is 23.9 Å². The van der Waals surface area contributed by atoms with Crippen LogP contribution in [0.5, 0.6) is 11.5 Å². The van der Waals surface area contributed by atoms with Gasteiger partial charge in [-0.15, -0.1) is 0 Å². The smallest absolute Gasteiger partial charge is 0.338 e. The molecule has 2 N–H and O–H groups in total. The highest BCUT2D eigenvalue weighted by molar-refractivity contribution is 5.95. The van der Waals surface area contributed by atoms with E-state index in [0.717, 1.165) is 0 Å². The molecular formula is C30H39N5O5. The van der Waals surface area contributed by atoms with E-state index in [1.54, 1.807) is 14.0 Å². The summed E-state index contributed by atoms with van der Waals surface area (Å²) in [6.07, 6.45) is 0. The van der Waals surface area contributed by atoms with Crippen molar-refractivity contribution in [3.8, 4) is 11.5 Å². The van der Waals surface area contributed by atoms with Gasteiger partial charge in [-0.1, -0.05) is 30.3 Å². The monoisotopic (exact) mass is 549 g/mol. The van der Waals surface area contributed by atoms with Crippen molar-refractivity contribution in [2.45, 2.75) is 45.8 Å². The molecule has 1 fully saturated rings. The topological polar surface area (TPSA) is 103 Å². The van der Waals surface area contributed by atoms with Crippen molar-refractivity contribution in [1.82, 2.24) is 25.3 Å². The van der Waals surface area contributed by atoms with Crippen LogP contribution in [0.1, 0.15) is 39.3 Å². The molecule has 0 aliphatic carbocycles. The molecule has 2 aromatic rings. The number of rotatable bonds is 8. The Hall–Kier alpha value is -4.05. The maximum absolute atomic E-state index is 13.4. The molecule has 10 heteroatoms. The largest absolute Gasteiger partial charge is 0.463 e. The van der Waals surface area contributed by atoms with E-state index in [2.05, 4.69) is 15.5 Å². The van der Waals surface area contributed by atoms with Crippen LogP contribution in [-0.2, 0) is 9.53 Å². The Morgan fingerprint density at radius 2 is 1.80 bits per heavy atom. The molecule has 0 spiro atoms. The maximum atomic E-state index is 13.4. The molecule has 2 atom stereocenters. The highest BCUT2D eigenvalue weighted by atomic mass is 16.5. The third-order valence-electron chi connectivity index (χ3n) is 7.00. The van der Waals surface area contributed by atoms with E-state index in [0.29, 0.717) is 54.5 Å². The van der Waals surface area contributed by atoms with Crippen molar-refractivity contribution in [2.75, 3.05) is 39.8 Å². The lowest BCUT2D eigenvalue weighted by molar-refractivity contribution is -0.139. The first-order valence-corrected chi connectivity index (χ1v) is 13.7. The van der Waals surface area contributed by atoms with Gasteiger partial charge >= 0.3 is 18.0 Å². The summed E-state index contributed by atoms with van der Waals surface area (Å²) in [7, 11) is 1.66. The molecule has 2 heterocycles. The van der Waals surface area contributed by atoms with Crippen molar-refractivity contribution in [3.63, 3.8) is 0 Å². The number of nitrogens with one attached hydrogen (secondary N) is 2. The normalized spacial score (nSPS) is 19.9. The van der Waals surface area contributed by atoms with Crippen LogP contribution in [-0.4, -0.2) is 84.6 Å². The maximum Gasteiger partial charge on any atom is 0.338 e. The van der Waals surface area contributed by atoms with Crippen LogP contribution in [0.15, 0.2) is 65.9 Å². The van der Waals surface area contributed by atoms with Crippen LogP contribution in [0, 0.1) is 0 Å². The Morgan fingerprint density at radius 1 is 1.07 bits per heavy atom. The fourth-order valence-electron chi connectivity index (χ4n) is 5.05.